The number of fused-ring (bicyclic) bond motifs is 1. The number of anilines is 2. The quantitative estimate of drug-likeness (QED) is 0.488. The van der Waals surface area contributed by atoms with Gasteiger partial charge in [0.15, 0.2) is 0 Å². The highest BCUT2D eigenvalue weighted by Crippen LogP contribution is 2.16. The van der Waals surface area contributed by atoms with Crippen molar-refractivity contribution in [1.82, 2.24) is 9.13 Å². The molecule has 0 bridgehead atoms. The number of carbonyl (C=O) groups excluding carboxylic acids is 2. The number of carbonyl (C=O) groups is 2. The zero-order valence-corrected chi connectivity index (χ0v) is 17.3. The van der Waals surface area contributed by atoms with Crippen LogP contribution in [0.4, 0.5) is 15.8 Å². The van der Waals surface area contributed by atoms with Crippen LogP contribution >= 0.6 is 0 Å². The van der Waals surface area contributed by atoms with Gasteiger partial charge in [-0.1, -0.05) is 12.1 Å². The number of hydrogen-bond donors (Lipinski definition) is 2. The Morgan fingerprint density at radius 2 is 1.56 bits per heavy atom. The van der Waals surface area contributed by atoms with Gasteiger partial charge in [-0.05, 0) is 54.1 Å². The lowest BCUT2D eigenvalue weighted by atomic mass is 10.2. The number of aromatic nitrogens is 2. The van der Waals surface area contributed by atoms with E-state index in [9.17, 15) is 18.8 Å². The molecule has 0 spiro atoms. The van der Waals surface area contributed by atoms with E-state index in [1.54, 1.807) is 59.4 Å². The highest BCUT2D eigenvalue weighted by atomic mass is 19.1. The van der Waals surface area contributed by atoms with E-state index in [0.29, 0.717) is 23.4 Å². The SMILES string of the molecule is CC(=O)Nc1ccc(NC(=O)Cn2ccc3ccn(Cc4cccc(F)c4)c3c2=O)cc1. The van der Waals surface area contributed by atoms with Gasteiger partial charge in [0.05, 0.1) is 0 Å². The normalized spacial score (nSPS) is 10.8. The Balaban J connectivity index is 1.52. The van der Waals surface area contributed by atoms with Crippen molar-refractivity contribution in [1.29, 1.82) is 0 Å². The van der Waals surface area contributed by atoms with E-state index < -0.39 is 0 Å². The van der Waals surface area contributed by atoms with Crippen LogP contribution in [0.15, 0.2) is 77.9 Å². The average molecular weight is 432 g/mol. The minimum absolute atomic E-state index is 0.159. The summed E-state index contributed by atoms with van der Waals surface area (Å²) in [7, 11) is 0. The number of pyridine rings is 1. The maximum atomic E-state index is 13.5. The number of rotatable bonds is 6. The van der Waals surface area contributed by atoms with Crippen molar-refractivity contribution in [3.8, 4) is 0 Å². The summed E-state index contributed by atoms with van der Waals surface area (Å²) in [6, 6.07) is 16.5. The second-order valence-corrected chi connectivity index (χ2v) is 7.43. The topological polar surface area (TPSA) is 85.1 Å². The van der Waals surface area contributed by atoms with E-state index in [1.807, 2.05) is 6.07 Å². The summed E-state index contributed by atoms with van der Waals surface area (Å²) in [6.45, 7) is 1.60. The van der Waals surface area contributed by atoms with Crippen molar-refractivity contribution in [3.63, 3.8) is 0 Å². The maximum Gasteiger partial charge on any atom is 0.275 e. The Labute approximate surface area is 183 Å². The van der Waals surface area contributed by atoms with Crippen molar-refractivity contribution in [3.05, 3.63) is 94.8 Å². The standard InChI is InChI=1S/C24H21FN4O3/c1-16(30)26-20-5-7-21(8-6-20)27-22(31)15-29-12-10-18-9-11-28(23(18)24(29)32)14-17-3-2-4-19(25)13-17/h2-13H,14-15H2,1H3,(H,26,30)(H,27,31). The van der Waals surface area contributed by atoms with Crippen LogP contribution < -0.4 is 16.2 Å². The second kappa shape index (κ2) is 8.89. The molecule has 0 aliphatic heterocycles. The largest absolute Gasteiger partial charge is 0.339 e. The monoisotopic (exact) mass is 432 g/mol. The van der Waals surface area contributed by atoms with Crippen molar-refractivity contribution in [2.75, 3.05) is 10.6 Å². The van der Waals surface area contributed by atoms with E-state index in [2.05, 4.69) is 10.6 Å². The lowest BCUT2D eigenvalue weighted by Crippen LogP contribution is -2.28. The molecule has 2 aromatic heterocycles. The highest BCUT2D eigenvalue weighted by Gasteiger charge is 2.12. The smallest absolute Gasteiger partial charge is 0.275 e. The van der Waals surface area contributed by atoms with Gasteiger partial charge in [0.2, 0.25) is 11.8 Å². The van der Waals surface area contributed by atoms with Crippen LogP contribution in [-0.4, -0.2) is 20.9 Å². The molecule has 0 radical (unpaired) electrons. The fourth-order valence-corrected chi connectivity index (χ4v) is 3.53. The third kappa shape index (κ3) is 4.75. The summed E-state index contributed by atoms with van der Waals surface area (Å²) in [5.74, 6) is -0.876. The number of halogens is 1. The lowest BCUT2D eigenvalue weighted by Gasteiger charge is -2.10. The van der Waals surface area contributed by atoms with Crippen LogP contribution in [0.2, 0.25) is 0 Å². The van der Waals surface area contributed by atoms with Gasteiger partial charge in [0.25, 0.3) is 5.56 Å². The Hall–Kier alpha value is -4.20. The van der Waals surface area contributed by atoms with Gasteiger partial charge in [-0.15, -0.1) is 0 Å². The minimum Gasteiger partial charge on any atom is -0.339 e. The van der Waals surface area contributed by atoms with Gasteiger partial charge >= 0.3 is 0 Å². The van der Waals surface area contributed by atoms with Gasteiger partial charge in [0.1, 0.15) is 17.9 Å². The molecule has 4 rings (SSSR count). The van der Waals surface area contributed by atoms with Gasteiger partial charge in [-0.2, -0.15) is 0 Å². The van der Waals surface area contributed by atoms with Crippen LogP contribution in [0.3, 0.4) is 0 Å². The van der Waals surface area contributed by atoms with Crippen molar-refractivity contribution >= 4 is 34.1 Å². The molecule has 0 saturated carbocycles. The molecule has 32 heavy (non-hydrogen) atoms. The molecule has 4 aromatic rings. The minimum atomic E-state index is -0.359. The summed E-state index contributed by atoms with van der Waals surface area (Å²) >= 11 is 0. The summed E-state index contributed by atoms with van der Waals surface area (Å²) in [5, 5.41) is 6.14. The van der Waals surface area contributed by atoms with Crippen molar-refractivity contribution in [2.24, 2.45) is 0 Å². The molecular formula is C24H21FN4O3. The van der Waals surface area contributed by atoms with Gasteiger partial charge < -0.3 is 19.8 Å². The first kappa shape index (κ1) is 21.0. The maximum absolute atomic E-state index is 13.5. The Morgan fingerprint density at radius 3 is 2.22 bits per heavy atom. The summed E-state index contributed by atoms with van der Waals surface area (Å²) < 4.78 is 16.6. The molecule has 0 aliphatic rings. The third-order valence-electron chi connectivity index (χ3n) is 4.94. The van der Waals surface area contributed by atoms with Gasteiger partial charge in [-0.25, -0.2) is 4.39 Å². The zero-order valence-electron chi connectivity index (χ0n) is 17.3. The lowest BCUT2D eigenvalue weighted by molar-refractivity contribution is -0.117. The summed E-state index contributed by atoms with van der Waals surface area (Å²) in [6.07, 6.45) is 3.36. The Bertz CT molecular complexity index is 1360. The second-order valence-electron chi connectivity index (χ2n) is 7.43. The van der Waals surface area contributed by atoms with Crippen molar-refractivity contribution in [2.45, 2.75) is 20.0 Å². The van der Waals surface area contributed by atoms with E-state index in [0.717, 1.165) is 10.9 Å². The van der Waals surface area contributed by atoms with Crippen LogP contribution in [0.5, 0.6) is 0 Å². The van der Waals surface area contributed by atoms with Crippen molar-refractivity contribution < 1.29 is 14.0 Å². The summed E-state index contributed by atoms with van der Waals surface area (Å²) in [5.41, 5.74) is 2.05. The number of nitrogens with one attached hydrogen (secondary N) is 2. The molecule has 0 unspecified atom stereocenters. The first-order valence-corrected chi connectivity index (χ1v) is 9.99. The number of benzene rings is 2. The van der Waals surface area contributed by atoms with E-state index in [-0.39, 0.29) is 29.7 Å². The van der Waals surface area contributed by atoms with Crippen LogP contribution in [-0.2, 0) is 22.7 Å². The molecule has 0 aliphatic carbocycles. The predicted molar refractivity (Wildman–Crippen MR) is 121 cm³/mol. The Kier molecular flexibility index (Phi) is 5.85. The molecule has 7 nitrogen and oxygen atoms in total. The predicted octanol–water partition coefficient (Wildman–Crippen LogP) is 3.59. The van der Waals surface area contributed by atoms with E-state index in [4.69, 9.17) is 0 Å². The van der Waals surface area contributed by atoms with Gasteiger partial charge in [0, 0.05) is 42.6 Å². The van der Waals surface area contributed by atoms with Gasteiger partial charge in [-0.3, -0.25) is 14.4 Å². The summed E-state index contributed by atoms with van der Waals surface area (Å²) in [4.78, 5) is 36.6. The third-order valence-corrected chi connectivity index (χ3v) is 4.94. The van der Waals surface area contributed by atoms with Crippen LogP contribution in [0.1, 0.15) is 12.5 Å². The molecule has 2 amide bonds. The molecule has 0 fully saturated rings. The molecule has 2 N–H and O–H groups in total. The molecule has 2 heterocycles. The molecule has 0 atom stereocenters. The molecule has 2 aromatic carbocycles. The van der Waals surface area contributed by atoms with Crippen LogP contribution in [0, 0.1) is 5.82 Å². The molecule has 0 saturated heterocycles. The fourth-order valence-electron chi connectivity index (χ4n) is 3.53. The first-order valence-electron chi connectivity index (χ1n) is 9.99. The van der Waals surface area contributed by atoms with E-state index in [1.165, 1.54) is 23.6 Å². The molecular weight excluding hydrogens is 411 g/mol. The Morgan fingerprint density at radius 1 is 0.906 bits per heavy atom. The molecule has 162 valence electrons. The number of amides is 2. The number of hydrogen-bond acceptors (Lipinski definition) is 3. The first-order chi connectivity index (χ1) is 15.4. The highest BCUT2D eigenvalue weighted by molar-refractivity contribution is 5.92. The molecule has 8 heteroatoms. The average Bonchev–Trinajstić information content (AvgIpc) is 3.14. The van der Waals surface area contributed by atoms with Crippen LogP contribution in [0.25, 0.3) is 10.9 Å². The number of nitrogens with zero attached hydrogens (tertiary/aromatic N) is 2. The fraction of sp³-hybridized carbons (Fsp3) is 0.125. The van der Waals surface area contributed by atoms with E-state index >= 15 is 0 Å². The zero-order chi connectivity index (χ0) is 22.7.